The highest BCUT2D eigenvalue weighted by atomic mass is 13.2. The van der Waals surface area contributed by atoms with Crippen LogP contribution >= 0.6 is 0 Å². The molecule has 0 fully saturated rings. The zero-order valence-electron chi connectivity index (χ0n) is 12.9. The van der Waals surface area contributed by atoms with Gasteiger partial charge in [0.05, 0.1) is 0 Å². The molecule has 0 N–H and O–H groups in total. The van der Waals surface area contributed by atoms with Crippen molar-refractivity contribution < 1.29 is 0 Å². The summed E-state index contributed by atoms with van der Waals surface area (Å²) < 4.78 is 0. The molecule has 0 amide bonds. The van der Waals surface area contributed by atoms with E-state index in [1.807, 2.05) is 62.3 Å². The van der Waals surface area contributed by atoms with Crippen molar-refractivity contribution >= 4 is 0 Å². The number of hydrogen-bond donors (Lipinski definition) is 0. The average molecular weight is 216 g/mol. The molecule has 0 heteroatoms. The van der Waals surface area contributed by atoms with Crippen molar-refractivity contribution in [3.8, 4) is 0 Å². The van der Waals surface area contributed by atoms with Crippen LogP contribution in [0, 0.1) is 0 Å². The molecule has 0 aliphatic carbocycles. The van der Waals surface area contributed by atoms with Crippen molar-refractivity contribution in [3.05, 3.63) is 38.0 Å². The van der Waals surface area contributed by atoms with E-state index < -0.39 is 0 Å². The van der Waals surface area contributed by atoms with E-state index in [1.54, 1.807) is 18.2 Å². The molecule has 0 nitrogen and oxygen atoms in total. The fourth-order valence-corrected chi connectivity index (χ4v) is 0. The minimum absolute atomic E-state index is 1.75. The summed E-state index contributed by atoms with van der Waals surface area (Å²) in [6.07, 6.45) is 5.25. The van der Waals surface area contributed by atoms with Gasteiger partial charge in [-0.1, -0.05) is 59.8 Å². The van der Waals surface area contributed by atoms with Crippen LogP contribution in [0.15, 0.2) is 38.0 Å². The molecular weight excluding hydrogens is 180 g/mol. The summed E-state index contributed by atoms with van der Waals surface area (Å²) in [6, 6.07) is 0. The van der Waals surface area contributed by atoms with E-state index in [1.165, 1.54) is 0 Å². The van der Waals surface area contributed by atoms with Crippen LogP contribution in [-0.2, 0) is 0 Å². The van der Waals surface area contributed by atoms with Gasteiger partial charge in [-0.05, 0) is 20.8 Å². The molecule has 0 aromatic heterocycles. The number of hydrogen-bond acceptors (Lipinski definition) is 0. The number of rotatable bonds is 0. The maximum absolute atomic E-state index is 3.36. The summed E-state index contributed by atoms with van der Waals surface area (Å²) in [5.74, 6) is 0. The molecule has 0 atom stereocenters. The van der Waals surface area contributed by atoms with Gasteiger partial charge in [0, 0.05) is 0 Å². The van der Waals surface area contributed by atoms with Gasteiger partial charge in [-0.15, -0.1) is 19.7 Å². The first-order valence-corrected chi connectivity index (χ1v) is 5.96. The Hall–Kier alpha value is -0.780. The maximum atomic E-state index is 3.36. The molecule has 0 saturated heterocycles. The Morgan fingerprint density at radius 3 is 0.467 bits per heavy atom. The van der Waals surface area contributed by atoms with E-state index in [9.17, 15) is 0 Å². The second-order valence-electron chi connectivity index (χ2n) is 1.22. The van der Waals surface area contributed by atoms with Crippen LogP contribution < -0.4 is 0 Å². The van der Waals surface area contributed by atoms with Gasteiger partial charge in [0.2, 0.25) is 0 Å². The zero-order chi connectivity index (χ0) is 14.1. The Labute approximate surface area is 101 Å². The first-order valence-electron chi connectivity index (χ1n) is 5.96. The Morgan fingerprint density at radius 2 is 0.467 bits per heavy atom. The number of allylic oxidation sites excluding steroid dienone is 3. The van der Waals surface area contributed by atoms with E-state index in [-0.39, 0.29) is 0 Å². The smallest absolute Gasteiger partial charge is 0.0473 e. The van der Waals surface area contributed by atoms with Crippen molar-refractivity contribution in [1.29, 1.82) is 0 Å². The Bertz CT molecular complexity index is 36.8. The summed E-state index contributed by atoms with van der Waals surface area (Å²) in [6.45, 7) is 27.8. The van der Waals surface area contributed by atoms with Gasteiger partial charge in [-0.25, -0.2) is 0 Å². The lowest BCUT2D eigenvalue weighted by Gasteiger charge is -1.31. The quantitative estimate of drug-likeness (QED) is 0.397. The molecule has 0 unspecified atom stereocenters. The highest BCUT2D eigenvalue weighted by molar-refractivity contribution is 4.52. The molecule has 0 rings (SSSR count). The zero-order valence-corrected chi connectivity index (χ0v) is 12.9. The van der Waals surface area contributed by atoms with Crippen molar-refractivity contribution in [2.75, 3.05) is 0 Å². The van der Waals surface area contributed by atoms with Crippen LogP contribution in [-0.4, -0.2) is 0 Å². The summed E-state index contributed by atoms with van der Waals surface area (Å²) in [4.78, 5) is 0. The normalized spacial score (nSPS) is 3.80. The molecule has 0 bridgehead atoms. The van der Waals surface area contributed by atoms with Gasteiger partial charge >= 0.3 is 0 Å². The van der Waals surface area contributed by atoms with Gasteiger partial charge in [0.25, 0.3) is 0 Å². The molecule has 0 aromatic carbocycles. The predicted octanol–water partition coefficient (Wildman–Crippen LogP) is 6.66. The van der Waals surface area contributed by atoms with E-state index in [2.05, 4.69) is 19.7 Å². The third-order valence-corrected chi connectivity index (χ3v) is 0. The van der Waals surface area contributed by atoms with Gasteiger partial charge in [-0.2, -0.15) is 0 Å². The van der Waals surface area contributed by atoms with Gasteiger partial charge in [0.15, 0.2) is 0 Å². The van der Waals surface area contributed by atoms with Crippen LogP contribution in [0.2, 0.25) is 0 Å². The molecule has 0 spiro atoms. The third-order valence-electron chi connectivity index (χ3n) is 0. The van der Waals surface area contributed by atoms with E-state index in [4.69, 9.17) is 0 Å². The second-order valence-corrected chi connectivity index (χ2v) is 1.22. The standard InChI is InChI=1S/3C3H6.3C2H6/c3*1-3-2;3*1-2/h3*3H,1H2,2H3;3*1-2H3. The van der Waals surface area contributed by atoms with Crippen LogP contribution in [0.4, 0.5) is 0 Å². The first kappa shape index (κ1) is 36.8. The van der Waals surface area contributed by atoms with Crippen molar-refractivity contribution in [2.24, 2.45) is 0 Å². The summed E-state index contributed by atoms with van der Waals surface area (Å²) in [7, 11) is 0. The highest BCUT2D eigenvalue weighted by Gasteiger charge is 1.15. The summed E-state index contributed by atoms with van der Waals surface area (Å²) in [5, 5.41) is 0. The fraction of sp³-hybridized carbons (Fsp3) is 0.600. The largest absolute Gasteiger partial charge is 0.103 e. The minimum atomic E-state index is 1.75. The predicted molar refractivity (Wildman–Crippen MR) is 81.7 cm³/mol. The first-order chi connectivity index (χ1) is 7.24. The van der Waals surface area contributed by atoms with E-state index in [0.29, 0.717) is 0 Å². The van der Waals surface area contributed by atoms with Crippen molar-refractivity contribution in [1.82, 2.24) is 0 Å². The summed E-state index contributed by atoms with van der Waals surface area (Å²) >= 11 is 0. The lowest BCUT2D eigenvalue weighted by molar-refractivity contribution is 1.50. The third kappa shape index (κ3) is 2740. The molecule has 0 aromatic rings. The summed E-state index contributed by atoms with van der Waals surface area (Å²) in [5.41, 5.74) is 0. The molecule has 0 aliphatic rings. The van der Waals surface area contributed by atoms with Crippen LogP contribution in [0.25, 0.3) is 0 Å². The molecule has 0 saturated carbocycles. The monoisotopic (exact) mass is 216 g/mol. The van der Waals surface area contributed by atoms with Gasteiger partial charge in [0.1, 0.15) is 0 Å². The molecule has 96 valence electrons. The Balaban J connectivity index is -0.0000000164. The minimum Gasteiger partial charge on any atom is -0.103 e. The van der Waals surface area contributed by atoms with Crippen molar-refractivity contribution in [3.63, 3.8) is 0 Å². The fourth-order valence-electron chi connectivity index (χ4n) is 0. The molecular formula is C15H36. The van der Waals surface area contributed by atoms with Crippen LogP contribution in [0.1, 0.15) is 62.3 Å². The van der Waals surface area contributed by atoms with Crippen LogP contribution in [0.3, 0.4) is 0 Å². The van der Waals surface area contributed by atoms with E-state index >= 15 is 0 Å². The molecule has 0 radical (unpaired) electrons. The Morgan fingerprint density at radius 1 is 0.467 bits per heavy atom. The topological polar surface area (TPSA) is 0 Å². The average Bonchev–Trinajstić information content (AvgIpc) is 2.29. The van der Waals surface area contributed by atoms with Crippen LogP contribution in [0.5, 0.6) is 0 Å². The molecule has 15 heavy (non-hydrogen) atoms. The SMILES string of the molecule is C=CC.C=CC.C=CC.CC.CC.CC. The van der Waals surface area contributed by atoms with Gasteiger partial charge < -0.3 is 0 Å². The lowest BCUT2D eigenvalue weighted by atomic mass is 10.8. The molecule has 0 heterocycles. The second kappa shape index (κ2) is 401. The van der Waals surface area contributed by atoms with Crippen molar-refractivity contribution in [2.45, 2.75) is 62.3 Å². The lowest BCUT2D eigenvalue weighted by Crippen LogP contribution is -1.07. The Kier molecular flexibility index (Phi) is 982. The van der Waals surface area contributed by atoms with E-state index in [0.717, 1.165) is 0 Å². The maximum Gasteiger partial charge on any atom is -0.0473 e. The molecule has 0 aliphatic heterocycles. The van der Waals surface area contributed by atoms with Gasteiger partial charge in [-0.3, -0.25) is 0 Å². The highest BCUT2D eigenvalue weighted by Crippen LogP contribution is 1.38.